The van der Waals surface area contributed by atoms with Crippen molar-refractivity contribution in [3.63, 3.8) is 0 Å². The van der Waals surface area contributed by atoms with Gasteiger partial charge in [0.2, 0.25) is 0 Å². The fourth-order valence-corrected chi connectivity index (χ4v) is 3.99. The molecule has 36 heavy (non-hydrogen) atoms. The Morgan fingerprint density at radius 1 is 1.14 bits per heavy atom. The van der Waals surface area contributed by atoms with Crippen molar-refractivity contribution in [2.45, 2.75) is 59.3 Å². The molecule has 0 spiro atoms. The third kappa shape index (κ3) is 6.56. The van der Waals surface area contributed by atoms with E-state index in [1.54, 1.807) is 54.4 Å². The van der Waals surface area contributed by atoms with Gasteiger partial charge in [0.1, 0.15) is 11.7 Å². The Bertz CT molecular complexity index is 1090. The summed E-state index contributed by atoms with van der Waals surface area (Å²) in [5, 5.41) is 2.90. The molecule has 0 radical (unpaired) electrons. The van der Waals surface area contributed by atoms with Crippen molar-refractivity contribution in [2.24, 2.45) is 5.92 Å². The normalized spacial score (nSPS) is 18.0. The van der Waals surface area contributed by atoms with Crippen molar-refractivity contribution in [3.05, 3.63) is 59.7 Å². The van der Waals surface area contributed by atoms with Crippen LogP contribution in [-0.2, 0) is 4.74 Å². The van der Waals surface area contributed by atoms with Crippen LogP contribution in [0.15, 0.2) is 48.5 Å². The molecule has 0 fully saturated rings. The summed E-state index contributed by atoms with van der Waals surface area (Å²) in [5.74, 6) is -0.279. The molecular formula is C28H37N3O5. The summed E-state index contributed by atoms with van der Waals surface area (Å²) < 4.78 is 12.0. The van der Waals surface area contributed by atoms with Gasteiger partial charge < -0.3 is 24.6 Å². The average molecular weight is 496 g/mol. The smallest absolute Gasteiger partial charge is 0.410 e. The number of anilines is 1. The zero-order chi connectivity index (χ0) is 26.6. The molecule has 0 aromatic heterocycles. The molecule has 1 aliphatic heterocycles. The summed E-state index contributed by atoms with van der Waals surface area (Å²) in [4.78, 5) is 42.4. The van der Waals surface area contributed by atoms with E-state index < -0.39 is 17.8 Å². The number of rotatable bonds is 5. The van der Waals surface area contributed by atoms with E-state index in [9.17, 15) is 14.4 Å². The molecule has 2 atom stereocenters. The van der Waals surface area contributed by atoms with E-state index in [-0.39, 0.29) is 30.3 Å². The first-order chi connectivity index (χ1) is 16.9. The molecule has 0 bridgehead atoms. The number of hydrogen-bond donors (Lipinski definition) is 1. The van der Waals surface area contributed by atoms with Crippen LogP contribution in [0.1, 0.15) is 62.3 Å². The van der Waals surface area contributed by atoms with Crippen molar-refractivity contribution in [1.29, 1.82) is 0 Å². The molecule has 2 aromatic carbocycles. The van der Waals surface area contributed by atoms with Gasteiger partial charge in [0.05, 0.1) is 17.8 Å². The predicted octanol–water partition coefficient (Wildman–Crippen LogP) is 5.05. The molecular weight excluding hydrogens is 458 g/mol. The van der Waals surface area contributed by atoms with Crippen LogP contribution in [0, 0.1) is 5.92 Å². The fourth-order valence-electron chi connectivity index (χ4n) is 3.99. The Labute approximate surface area is 213 Å². The number of hydrogen-bond acceptors (Lipinski definition) is 5. The van der Waals surface area contributed by atoms with Crippen LogP contribution >= 0.6 is 0 Å². The van der Waals surface area contributed by atoms with Crippen LogP contribution in [-0.4, -0.2) is 65.6 Å². The Morgan fingerprint density at radius 3 is 2.42 bits per heavy atom. The zero-order valence-corrected chi connectivity index (χ0v) is 22.2. The van der Waals surface area contributed by atoms with E-state index in [1.807, 2.05) is 47.6 Å². The van der Waals surface area contributed by atoms with Crippen molar-refractivity contribution >= 4 is 23.6 Å². The second kappa shape index (κ2) is 11.0. The van der Waals surface area contributed by atoms with Gasteiger partial charge >= 0.3 is 6.09 Å². The summed E-state index contributed by atoms with van der Waals surface area (Å²) in [6.45, 7) is 12.1. The van der Waals surface area contributed by atoms with Gasteiger partial charge in [-0.05, 0) is 58.9 Å². The number of carbonyl (C=O) groups excluding carboxylic acids is 3. The van der Waals surface area contributed by atoms with Crippen LogP contribution in [0.25, 0.3) is 0 Å². The maximum Gasteiger partial charge on any atom is 0.410 e. The molecule has 3 amide bonds. The maximum atomic E-state index is 13.5. The van der Waals surface area contributed by atoms with E-state index in [1.165, 1.54) is 4.90 Å². The van der Waals surface area contributed by atoms with Gasteiger partial charge in [-0.15, -0.1) is 0 Å². The quantitative estimate of drug-likeness (QED) is 0.627. The number of carbonyl (C=O) groups is 3. The lowest BCUT2D eigenvalue weighted by atomic mass is 9.99. The molecule has 2 aromatic rings. The number of benzene rings is 2. The van der Waals surface area contributed by atoms with Crippen molar-refractivity contribution < 1.29 is 23.9 Å². The zero-order valence-electron chi connectivity index (χ0n) is 22.2. The highest BCUT2D eigenvalue weighted by Crippen LogP contribution is 2.35. The van der Waals surface area contributed by atoms with Crippen LogP contribution in [0.3, 0.4) is 0 Å². The van der Waals surface area contributed by atoms with Gasteiger partial charge in [0.25, 0.3) is 11.8 Å². The number of amides is 3. The van der Waals surface area contributed by atoms with Gasteiger partial charge in [-0.2, -0.15) is 0 Å². The molecule has 0 saturated heterocycles. The van der Waals surface area contributed by atoms with Crippen LogP contribution in [0.5, 0.6) is 5.75 Å². The summed E-state index contributed by atoms with van der Waals surface area (Å²) in [7, 11) is 1.66. The standard InChI is InChI=1S/C28H37N3O5/c1-18(2)31-16-19(3)23(17-30(7)27(34)36-28(4,5)6)35-24-21(26(31)33)14-11-15-22(24)29-25(32)20-12-9-8-10-13-20/h8-15,18-19,23H,16-17H2,1-7H3,(H,29,32)/t19-,23+/m0/s1. The van der Waals surface area contributed by atoms with Crippen molar-refractivity contribution in [3.8, 4) is 5.75 Å². The number of nitrogens with one attached hydrogen (secondary N) is 1. The molecule has 1 N–H and O–H groups in total. The lowest BCUT2D eigenvalue weighted by Crippen LogP contribution is -2.49. The third-order valence-electron chi connectivity index (χ3n) is 5.96. The Morgan fingerprint density at radius 2 is 1.81 bits per heavy atom. The summed E-state index contributed by atoms with van der Waals surface area (Å²) in [6.07, 6.45) is -0.909. The topological polar surface area (TPSA) is 88.2 Å². The highest BCUT2D eigenvalue weighted by molar-refractivity contribution is 6.07. The Hall–Kier alpha value is -3.55. The predicted molar refractivity (Wildman–Crippen MR) is 139 cm³/mol. The van der Waals surface area contributed by atoms with Gasteiger partial charge in [-0.1, -0.05) is 31.2 Å². The average Bonchev–Trinajstić information content (AvgIpc) is 2.80. The van der Waals surface area contributed by atoms with E-state index in [0.29, 0.717) is 29.1 Å². The summed E-state index contributed by atoms with van der Waals surface area (Å²) in [5.41, 5.74) is 0.635. The van der Waals surface area contributed by atoms with E-state index in [0.717, 1.165) is 0 Å². The van der Waals surface area contributed by atoms with E-state index >= 15 is 0 Å². The summed E-state index contributed by atoms with van der Waals surface area (Å²) >= 11 is 0. The molecule has 3 rings (SSSR count). The molecule has 8 nitrogen and oxygen atoms in total. The number of para-hydroxylation sites is 1. The Kier molecular flexibility index (Phi) is 8.28. The monoisotopic (exact) mass is 495 g/mol. The lowest BCUT2D eigenvalue weighted by Gasteiger charge is -2.38. The minimum absolute atomic E-state index is 0.0438. The first-order valence-corrected chi connectivity index (χ1v) is 12.3. The molecule has 8 heteroatoms. The maximum absolute atomic E-state index is 13.5. The highest BCUT2D eigenvalue weighted by Gasteiger charge is 2.35. The molecule has 1 aliphatic rings. The molecule has 0 saturated carbocycles. The van der Waals surface area contributed by atoms with Gasteiger partial charge in [0, 0.05) is 31.1 Å². The van der Waals surface area contributed by atoms with Crippen molar-refractivity contribution in [2.75, 3.05) is 25.5 Å². The number of ether oxygens (including phenoxy) is 2. The molecule has 1 heterocycles. The first-order valence-electron chi connectivity index (χ1n) is 12.3. The third-order valence-corrected chi connectivity index (χ3v) is 5.96. The second-order valence-corrected chi connectivity index (χ2v) is 10.5. The molecule has 0 aliphatic carbocycles. The van der Waals surface area contributed by atoms with Gasteiger partial charge in [-0.25, -0.2) is 4.79 Å². The first kappa shape index (κ1) is 27.0. The molecule has 0 unspecified atom stereocenters. The van der Waals surface area contributed by atoms with E-state index in [2.05, 4.69) is 5.32 Å². The van der Waals surface area contributed by atoms with E-state index in [4.69, 9.17) is 9.47 Å². The highest BCUT2D eigenvalue weighted by atomic mass is 16.6. The number of nitrogens with zero attached hydrogens (tertiary/aromatic N) is 2. The number of likely N-dealkylation sites (N-methyl/N-ethyl adjacent to an activating group) is 1. The van der Waals surface area contributed by atoms with Crippen LogP contribution in [0.2, 0.25) is 0 Å². The van der Waals surface area contributed by atoms with Gasteiger partial charge in [-0.3, -0.25) is 9.59 Å². The number of fused-ring (bicyclic) bond motifs is 1. The minimum Gasteiger partial charge on any atom is -0.485 e. The Balaban J connectivity index is 1.98. The SMILES string of the molecule is CC(C)N1C[C@H](C)[C@@H](CN(C)C(=O)OC(C)(C)C)Oc2c(NC(=O)c3ccccc3)cccc2C1=O. The lowest BCUT2D eigenvalue weighted by molar-refractivity contribution is 0.0131. The van der Waals surface area contributed by atoms with Crippen LogP contribution < -0.4 is 10.1 Å². The minimum atomic E-state index is -0.624. The fraction of sp³-hybridized carbons (Fsp3) is 0.464. The molecule has 194 valence electrons. The van der Waals surface area contributed by atoms with Gasteiger partial charge in [0.15, 0.2) is 5.75 Å². The summed E-state index contributed by atoms with van der Waals surface area (Å²) in [6, 6.07) is 14.0. The largest absolute Gasteiger partial charge is 0.485 e. The van der Waals surface area contributed by atoms with Crippen molar-refractivity contribution in [1.82, 2.24) is 9.80 Å². The van der Waals surface area contributed by atoms with Crippen LogP contribution in [0.4, 0.5) is 10.5 Å². The second-order valence-electron chi connectivity index (χ2n) is 10.5.